The lowest BCUT2D eigenvalue weighted by molar-refractivity contribution is 1.33. The van der Waals surface area contributed by atoms with Crippen molar-refractivity contribution in [2.45, 2.75) is 125 Å². The van der Waals surface area contributed by atoms with E-state index in [4.69, 9.17) is 0 Å². The van der Waals surface area contributed by atoms with Crippen molar-refractivity contribution in [1.82, 2.24) is 0 Å². The zero-order valence-corrected chi connectivity index (χ0v) is 44.4. The highest BCUT2D eigenvalue weighted by atomic mass is 31.1. The molecule has 9 rings (SSSR count). The van der Waals surface area contributed by atoms with E-state index in [2.05, 4.69) is 197 Å². The van der Waals surface area contributed by atoms with Crippen LogP contribution in [0, 0.1) is 125 Å². The van der Waals surface area contributed by atoms with Crippen LogP contribution in [-0.2, 0) is 0 Å². The van der Waals surface area contributed by atoms with E-state index in [-0.39, 0.29) is 0 Å². The molecule has 0 bridgehead atoms. The second-order valence-corrected chi connectivity index (χ2v) is 84.9. The summed E-state index contributed by atoms with van der Waals surface area (Å²) in [5.41, 5.74) is 27.8. The monoisotopic (exact) mass is 854 g/mol. The lowest BCUT2D eigenvalue weighted by atomic mass is 10.1. The van der Waals surface area contributed by atoms with E-state index >= 15 is 0 Å². The zero-order chi connectivity index (χ0) is 42.8. The number of rotatable bonds is 6. The Labute approximate surface area is 360 Å². The summed E-state index contributed by atoms with van der Waals surface area (Å²) >= 11 is 0. The van der Waals surface area contributed by atoms with Crippen LogP contribution in [0.5, 0.6) is 0 Å². The van der Waals surface area contributed by atoms with Gasteiger partial charge in [-0.3, -0.25) is 0 Å². The van der Waals surface area contributed by atoms with E-state index in [9.17, 15) is 0 Å². The molecule has 3 aliphatic rings. The maximum absolute atomic E-state index is 2.60. The molecule has 6 aromatic carbocycles. The van der Waals surface area contributed by atoms with Crippen molar-refractivity contribution >= 4 is 64.7 Å². The molecule has 0 aliphatic carbocycles. The van der Waals surface area contributed by atoms with Gasteiger partial charge in [-0.15, -0.1) is 0 Å². The molecule has 0 radical (unpaired) electrons. The molecule has 302 valence electrons. The Morgan fingerprint density at radius 3 is 0.390 bits per heavy atom. The van der Waals surface area contributed by atoms with Gasteiger partial charge in [-0.25, -0.2) is 0 Å². The smallest absolute Gasteiger partial charge is 0.0565 e. The first-order chi connectivity index (χ1) is 27.7. The van der Waals surface area contributed by atoms with Gasteiger partial charge in [0.2, 0.25) is 0 Å². The molecule has 3 aliphatic heterocycles. The van der Waals surface area contributed by atoms with Crippen LogP contribution in [0.25, 0.3) is 0 Å². The molecule has 5 heteroatoms. The van der Waals surface area contributed by atoms with E-state index in [0.717, 1.165) is 0 Å². The first kappa shape index (κ1) is 40.8. The highest BCUT2D eigenvalue weighted by Crippen LogP contribution is 2.94. The Balaban J connectivity index is 1.61. The van der Waals surface area contributed by atoms with Gasteiger partial charge in [-0.05, 0) is 125 Å². The largest absolute Gasteiger partial charge is 0.0932 e. The van der Waals surface area contributed by atoms with Crippen LogP contribution < -0.4 is 31.1 Å². The van der Waals surface area contributed by atoms with Crippen LogP contribution in [-0.4, -0.2) is 33.6 Å². The predicted octanol–water partition coefficient (Wildman–Crippen LogP) is 8.81. The molecule has 3 fully saturated rings. The summed E-state index contributed by atoms with van der Waals surface area (Å²) in [4.78, 5) is 0. The van der Waals surface area contributed by atoms with Gasteiger partial charge in [0.15, 0.2) is 0 Å². The van der Waals surface area contributed by atoms with Crippen LogP contribution in [0.15, 0.2) is 72.8 Å². The zero-order valence-electron chi connectivity index (χ0n) is 39.4. The predicted molar refractivity (Wildman–Crippen MR) is 270 cm³/mol. The third-order valence-electron chi connectivity index (χ3n) is 16.1. The Bertz CT molecular complexity index is 2250. The molecule has 0 unspecified atom stereocenters. The molecule has 0 amide bonds. The Kier molecular flexibility index (Phi) is 8.80. The quantitative estimate of drug-likeness (QED) is 0.147. The van der Waals surface area contributed by atoms with Gasteiger partial charge in [-0.1, -0.05) is 204 Å². The molecule has 3 saturated heterocycles. The molecule has 0 atom stereocenters. The SMILES string of the molecule is Cc1cc(C)c([Si]2(c3c(C)cc(C)cc3C)[Si]34[Si](c5c(C)cc(C)cc5C)(c5c(C)cc(C)cc5C)[Si]23[Si]4(c2c(C)cc(C)cc2C)c2c(C)cc(C)cc2C)c(C)c1. The second-order valence-electron chi connectivity index (χ2n) is 20.4. The fraction of sp³-hybridized carbons (Fsp3) is 0.333. The van der Waals surface area contributed by atoms with Gasteiger partial charge >= 0.3 is 0 Å². The number of benzene rings is 6. The number of aryl methyl sites for hydroxylation is 18. The van der Waals surface area contributed by atoms with Crippen molar-refractivity contribution in [2.75, 3.05) is 0 Å². The van der Waals surface area contributed by atoms with Crippen LogP contribution in [0.2, 0.25) is 0 Å². The lowest BCUT2D eigenvalue weighted by Gasteiger charge is -2.62. The number of hydrogen-bond donors (Lipinski definition) is 0. The first-order valence-corrected chi connectivity index (χ1v) is 39.2. The van der Waals surface area contributed by atoms with E-state index in [1.165, 1.54) is 33.4 Å². The molecule has 6 aromatic rings. The van der Waals surface area contributed by atoms with Gasteiger partial charge in [-0.2, -0.15) is 0 Å². The van der Waals surface area contributed by atoms with Gasteiger partial charge in [0.25, 0.3) is 0 Å². The molecule has 0 spiro atoms. The summed E-state index contributed by atoms with van der Waals surface area (Å²) < 4.78 is 0. The van der Waals surface area contributed by atoms with Crippen LogP contribution in [0.1, 0.15) is 100 Å². The normalized spacial score (nSPS) is 21.3. The van der Waals surface area contributed by atoms with E-state index in [0.29, 0.717) is 0 Å². The van der Waals surface area contributed by atoms with E-state index in [1.54, 1.807) is 66.8 Å². The van der Waals surface area contributed by atoms with Crippen molar-refractivity contribution in [3.8, 4) is 0 Å². The summed E-state index contributed by atoms with van der Waals surface area (Å²) in [5, 5.41) is 11.4. The fourth-order valence-electron chi connectivity index (χ4n) is 16.4. The molecule has 3 heterocycles. The Morgan fingerprint density at radius 1 is 0.186 bits per heavy atom. The first-order valence-electron chi connectivity index (χ1n) is 22.2. The summed E-state index contributed by atoms with van der Waals surface area (Å²) in [5.74, 6) is 0. The van der Waals surface area contributed by atoms with Gasteiger partial charge in [0.05, 0.1) is 33.6 Å². The maximum Gasteiger partial charge on any atom is 0.0932 e. The third kappa shape index (κ3) is 4.35. The fourth-order valence-corrected chi connectivity index (χ4v) is 403. The van der Waals surface area contributed by atoms with Crippen molar-refractivity contribution in [2.24, 2.45) is 0 Å². The van der Waals surface area contributed by atoms with E-state index in [1.807, 2.05) is 31.1 Å². The van der Waals surface area contributed by atoms with E-state index < -0.39 is 33.6 Å². The van der Waals surface area contributed by atoms with Crippen LogP contribution >= 0.6 is 0 Å². The van der Waals surface area contributed by atoms with Gasteiger partial charge in [0, 0.05) is 0 Å². The molecular formula is C54H66Si5. The van der Waals surface area contributed by atoms with Gasteiger partial charge < -0.3 is 0 Å². The van der Waals surface area contributed by atoms with Crippen molar-refractivity contribution in [3.63, 3.8) is 0 Å². The molecule has 0 nitrogen and oxygen atoms in total. The average Bonchev–Trinajstić information content (AvgIpc) is 3.99. The topological polar surface area (TPSA) is 0 Å². The second kappa shape index (κ2) is 12.7. The standard InChI is InChI=1S/C54H66Si5/c1-31-19-37(7)49(38(8)20-31)55(50-39(9)21-32(2)22-40(50)10)58-56(51-41(11)23-33(3)24-42(51)12,52-43(13)25-34(4)26-44(52)14)59(55,58)57(58,53-45(15)27-35(5)28-46(53)16)54-47(17)29-36(6)30-48(54)18/h19-30H,1-18H3. The van der Waals surface area contributed by atoms with Crippen molar-refractivity contribution in [1.29, 1.82) is 0 Å². The minimum atomic E-state index is -2.32. The minimum absolute atomic E-state index is 1.42. The van der Waals surface area contributed by atoms with Crippen molar-refractivity contribution in [3.05, 3.63) is 173 Å². The molecule has 0 aromatic heterocycles. The van der Waals surface area contributed by atoms with Crippen LogP contribution in [0.3, 0.4) is 0 Å². The Morgan fingerprint density at radius 2 is 0.288 bits per heavy atom. The maximum atomic E-state index is 2.60. The molecule has 0 N–H and O–H groups in total. The molecule has 59 heavy (non-hydrogen) atoms. The Hall–Kier alpha value is -3.60. The summed E-state index contributed by atoms with van der Waals surface area (Å²) in [6.45, 7) is 44.5. The third-order valence-corrected chi connectivity index (χ3v) is 193. The molecular weight excluding hydrogens is 789 g/mol. The molecule has 0 saturated carbocycles. The average molecular weight is 856 g/mol. The highest BCUT2D eigenvalue weighted by Gasteiger charge is 3.37. The summed E-state index contributed by atoms with van der Waals surface area (Å²) in [7, 11) is -6.97. The summed E-state index contributed by atoms with van der Waals surface area (Å²) in [6, 6.07) is 31.2. The summed E-state index contributed by atoms with van der Waals surface area (Å²) in [6.07, 6.45) is -4.52. The minimum Gasteiger partial charge on any atom is -0.0565 e. The highest BCUT2D eigenvalue weighted by molar-refractivity contribution is 8.94. The van der Waals surface area contributed by atoms with Gasteiger partial charge in [0.1, 0.15) is 0 Å². The number of hydrogen-bond acceptors (Lipinski definition) is 0. The van der Waals surface area contributed by atoms with Crippen molar-refractivity contribution < 1.29 is 0 Å². The lowest BCUT2D eigenvalue weighted by Crippen LogP contribution is -3.03. The van der Waals surface area contributed by atoms with Crippen LogP contribution in [0.4, 0.5) is 0 Å².